The SMILES string of the molecule is CCCOc1cccc(C2C(CN)OCCN2C2CC2)c1. The number of rotatable bonds is 6. The van der Waals surface area contributed by atoms with Crippen molar-refractivity contribution in [3.8, 4) is 5.75 Å². The summed E-state index contributed by atoms with van der Waals surface area (Å²) in [6.45, 7) is 5.25. The minimum absolute atomic E-state index is 0.0841. The molecule has 1 aromatic rings. The van der Waals surface area contributed by atoms with E-state index in [1.807, 2.05) is 6.07 Å². The zero-order valence-electron chi connectivity index (χ0n) is 12.8. The monoisotopic (exact) mass is 290 g/mol. The maximum atomic E-state index is 5.95. The lowest BCUT2D eigenvalue weighted by Gasteiger charge is -2.41. The van der Waals surface area contributed by atoms with Crippen LogP contribution in [0.15, 0.2) is 24.3 Å². The van der Waals surface area contributed by atoms with Gasteiger partial charge < -0.3 is 15.2 Å². The molecule has 0 bridgehead atoms. The van der Waals surface area contributed by atoms with E-state index in [2.05, 4.69) is 30.0 Å². The lowest BCUT2D eigenvalue weighted by Crippen LogP contribution is -2.49. The van der Waals surface area contributed by atoms with Gasteiger partial charge in [0.25, 0.3) is 0 Å². The standard InChI is InChI=1S/C17H26N2O2/c1-2-9-20-15-5-3-4-13(11-15)17-16(12-18)21-10-8-19(17)14-6-7-14/h3-5,11,14,16-17H,2,6-10,12,18H2,1H3. The van der Waals surface area contributed by atoms with Crippen LogP contribution in [-0.4, -0.2) is 43.3 Å². The molecule has 2 aliphatic rings. The Kier molecular flexibility index (Phi) is 4.78. The second-order valence-corrected chi connectivity index (χ2v) is 5.98. The minimum atomic E-state index is 0.0841. The highest BCUT2D eigenvalue weighted by molar-refractivity contribution is 5.32. The van der Waals surface area contributed by atoms with E-state index in [-0.39, 0.29) is 12.1 Å². The fourth-order valence-corrected chi connectivity index (χ4v) is 3.18. The highest BCUT2D eigenvalue weighted by Crippen LogP contribution is 2.39. The summed E-state index contributed by atoms with van der Waals surface area (Å²) in [6, 6.07) is 9.42. The first-order valence-corrected chi connectivity index (χ1v) is 8.13. The average Bonchev–Trinajstić information content (AvgIpc) is 3.37. The number of hydrogen-bond donors (Lipinski definition) is 1. The molecule has 1 aromatic carbocycles. The molecule has 4 heteroatoms. The number of ether oxygens (including phenoxy) is 2. The molecule has 0 aromatic heterocycles. The van der Waals surface area contributed by atoms with Crippen LogP contribution in [0, 0.1) is 0 Å². The van der Waals surface area contributed by atoms with Gasteiger partial charge in [-0.05, 0) is 37.0 Å². The van der Waals surface area contributed by atoms with Crippen LogP contribution in [0.5, 0.6) is 5.75 Å². The molecular formula is C17H26N2O2. The molecule has 2 N–H and O–H groups in total. The number of morpholine rings is 1. The van der Waals surface area contributed by atoms with Gasteiger partial charge in [0.05, 0.1) is 25.4 Å². The molecule has 0 amide bonds. The van der Waals surface area contributed by atoms with Crippen molar-refractivity contribution in [1.29, 1.82) is 0 Å². The van der Waals surface area contributed by atoms with Gasteiger partial charge in [-0.25, -0.2) is 0 Å². The fourth-order valence-electron chi connectivity index (χ4n) is 3.18. The van der Waals surface area contributed by atoms with E-state index in [1.165, 1.54) is 18.4 Å². The summed E-state index contributed by atoms with van der Waals surface area (Å²) < 4.78 is 11.7. The fraction of sp³-hybridized carbons (Fsp3) is 0.647. The van der Waals surface area contributed by atoms with Gasteiger partial charge in [0.15, 0.2) is 0 Å². The molecule has 1 aliphatic heterocycles. The van der Waals surface area contributed by atoms with Crippen LogP contribution < -0.4 is 10.5 Å². The van der Waals surface area contributed by atoms with Crippen molar-refractivity contribution in [2.45, 2.75) is 44.4 Å². The zero-order chi connectivity index (χ0) is 14.7. The summed E-state index contributed by atoms with van der Waals surface area (Å²) in [5.41, 5.74) is 7.22. The van der Waals surface area contributed by atoms with Crippen LogP contribution in [0.1, 0.15) is 37.8 Å². The van der Waals surface area contributed by atoms with E-state index < -0.39 is 0 Å². The molecule has 0 radical (unpaired) electrons. The molecule has 0 spiro atoms. The van der Waals surface area contributed by atoms with Crippen LogP contribution in [0.25, 0.3) is 0 Å². The van der Waals surface area contributed by atoms with Crippen molar-refractivity contribution in [2.24, 2.45) is 5.73 Å². The smallest absolute Gasteiger partial charge is 0.119 e. The lowest BCUT2D eigenvalue weighted by molar-refractivity contribution is -0.0713. The van der Waals surface area contributed by atoms with Gasteiger partial charge in [0.1, 0.15) is 5.75 Å². The average molecular weight is 290 g/mol. The topological polar surface area (TPSA) is 47.7 Å². The molecular weight excluding hydrogens is 264 g/mol. The second kappa shape index (κ2) is 6.77. The molecule has 1 aliphatic carbocycles. The third-order valence-electron chi connectivity index (χ3n) is 4.31. The molecule has 1 saturated carbocycles. The molecule has 2 fully saturated rings. The van der Waals surface area contributed by atoms with Gasteiger partial charge in [-0.1, -0.05) is 19.1 Å². The van der Waals surface area contributed by atoms with Crippen LogP contribution in [0.2, 0.25) is 0 Å². The first kappa shape index (κ1) is 14.8. The van der Waals surface area contributed by atoms with E-state index in [0.717, 1.165) is 31.9 Å². The Morgan fingerprint density at radius 1 is 1.38 bits per heavy atom. The first-order chi connectivity index (χ1) is 10.3. The summed E-state index contributed by atoms with van der Waals surface area (Å²) in [5, 5.41) is 0. The molecule has 2 unspecified atom stereocenters. The molecule has 21 heavy (non-hydrogen) atoms. The van der Waals surface area contributed by atoms with Gasteiger partial charge in [-0.3, -0.25) is 4.90 Å². The number of nitrogens with two attached hydrogens (primary N) is 1. The number of hydrogen-bond acceptors (Lipinski definition) is 4. The maximum absolute atomic E-state index is 5.95. The van der Waals surface area contributed by atoms with Gasteiger partial charge in [0.2, 0.25) is 0 Å². The Hall–Kier alpha value is -1.10. The summed E-state index contributed by atoms with van der Waals surface area (Å²) in [5.74, 6) is 0.950. The Morgan fingerprint density at radius 2 is 2.24 bits per heavy atom. The van der Waals surface area contributed by atoms with Crippen molar-refractivity contribution < 1.29 is 9.47 Å². The van der Waals surface area contributed by atoms with E-state index >= 15 is 0 Å². The lowest BCUT2D eigenvalue weighted by atomic mass is 9.97. The third-order valence-corrected chi connectivity index (χ3v) is 4.31. The Morgan fingerprint density at radius 3 is 2.95 bits per heavy atom. The summed E-state index contributed by atoms with van der Waals surface area (Å²) in [6.07, 6.45) is 3.72. The molecule has 1 saturated heterocycles. The Bertz CT molecular complexity index is 462. The maximum Gasteiger partial charge on any atom is 0.119 e. The predicted octanol–water partition coefficient (Wildman–Crippen LogP) is 2.34. The number of benzene rings is 1. The van der Waals surface area contributed by atoms with Gasteiger partial charge in [-0.2, -0.15) is 0 Å². The van der Waals surface area contributed by atoms with Crippen molar-refractivity contribution in [3.05, 3.63) is 29.8 Å². The van der Waals surface area contributed by atoms with E-state index in [9.17, 15) is 0 Å². The van der Waals surface area contributed by atoms with Gasteiger partial charge in [-0.15, -0.1) is 0 Å². The molecule has 116 valence electrons. The van der Waals surface area contributed by atoms with Crippen molar-refractivity contribution >= 4 is 0 Å². The summed E-state index contributed by atoms with van der Waals surface area (Å²) in [7, 11) is 0. The van der Waals surface area contributed by atoms with Crippen LogP contribution in [-0.2, 0) is 4.74 Å². The molecule has 4 nitrogen and oxygen atoms in total. The second-order valence-electron chi connectivity index (χ2n) is 5.98. The van der Waals surface area contributed by atoms with Crippen LogP contribution in [0.4, 0.5) is 0 Å². The Labute approximate surface area is 127 Å². The largest absolute Gasteiger partial charge is 0.494 e. The van der Waals surface area contributed by atoms with E-state index in [0.29, 0.717) is 12.6 Å². The van der Waals surface area contributed by atoms with Gasteiger partial charge in [0, 0.05) is 19.1 Å². The Balaban J connectivity index is 1.83. The summed E-state index contributed by atoms with van der Waals surface area (Å²) >= 11 is 0. The molecule has 1 heterocycles. The highest BCUT2D eigenvalue weighted by atomic mass is 16.5. The van der Waals surface area contributed by atoms with Crippen molar-refractivity contribution in [1.82, 2.24) is 4.90 Å². The quantitative estimate of drug-likeness (QED) is 0.873. The summed E-state index contributed by atoms with van der Waals surface area (Å²) in [4.78, 5) is 2.58. The van der Waals surface area contributed by atoms with Crippen LogP contribution in [0.3, 0.4) is 0 Å². The normalized spacial score (nSPS) is 26.8. The van der Waals surface area contributed by atoms with Crippen molar-refractivity contribution in [2.75, 3.05) is 26.3 Å². The van der Waals surface area contributed by atoms with Crippen LogP contribution >= 0.6 is 0 Å². The predicted molar refractivity (Wildman–Crippen MR) is 83.5 cm³/mol. The molecule has 3 rings (SSSR count). The minimum Gasteiger partial charge on any atom is -0.494 e. The van der Waals surface area contributed by atoms with E-state index in [4.69, 9.17) is 15.2 Å². The highest BCUT2D eigenvalue weighted by Gasteiger charge is 2.40. The van der Waals surface area contributed by atoms with Crippen molar-refractivity contribution in [3.63, 3.8) is 0 Å². The zero-order valence-corrected chi connectivity index (χ0v) is 12.8. The third kappa shape index (κ3) is 3.39. The van der Waals surface area contributed by atoms with E-state index in [1.54, 1.807) is 0 Å². The first-order valence-electron chi connectivity index (χ1n) is 8.13. The van der Waals surface area contributed by atoms with Gasteiger partial charge >= 0.3 is 0 Å². The molecule has 2 atom stereocenters. The number of nitrogens with zero attached hydrogens (tertiary/aromatic N) is 1.